The van der Waals surface area contributed by atoms with Gasteiger partial charge < -0.3 is 24.6 Å². The first-order chi connectivity index (χ1) is 9.56. The van der Waals surface area contributed by atoms with E-state index in [1.54, 1.807) is 32.4 Å². The zero-order valence-corrected chi connectivity index (χ0v) is 12.8. The number of hydrogen-bond donors (Lipinski definition) is 2. The van der Waals surface area contributed by atoms with Crippen molar-refractivity contribution in [3.8, 4) is 5.75 Å². The molecule has 1 aromatic rings. The molecule has 2 N–H and O–H groups in total. The minimum Gasteiger partial charge on any atom is -0.497 e. The molecular weight excluding hydrogens is 282 g/mol. The second-order valence-electron chi connectivity index (χ2n) is 4.48. The third-order valence-electron chi connectivity index (χ3n) is 2.68. The maximum atomic E-state index is 9.84. The van der Waals surface area contributed by atoms with Crippen LogP contribution < -0.4 is 10.1 Å². The van der Waals surface area contributed by atoms with Gasteiger partial charge in [0.2, 0.25) is 0 Å². The average molecular weight is 304 g/mol. The summed E-state index contributed by atoms with van der Waals surface area (Å²) in [6.07, 6.45) is -0.674. The Labute approximate surface area is 124 Å². The molecule has 20 heavy (non-hydrogen) atoms. The summed E-state index contributed by atoms with van der Waals surface area (Å²) in [5, 5.41) is 13.5. The van der Waals surface area contributed by atoms with Gasteiger partial charge in [0.15, 0.2) is 0 Å². The van der Waals surface area contributed by atoms with Crippen LogP contribution in [0.3, 0.4) is 0 Å². The van der Waals surface area contributed by atoms with Gasteiger partial charge >= 0.3 is 0 Å². The Morgan fingerprint density at radius 1 is 1.30 bits per heavy atom. The number of methoxy groups -OCH3 is 2. The Bertz CT molecular complexity index is 403. The number of ether oxygens (including phenoxy) is 3. The van der Waals surface area contributed by atoms with Gasteiger partial charge in [0.1, 0.15) is 5.75 Å². The van der Waals surface area contributed by atoms with E-state index in [1.165, 1.54) is 0 Å². The maximum absolute atomic E-state index is 9.84. The molecule has 6 heteroatoms. The van der Waals surface area contributed by atoms with Gasteiger partial charge in [0.25, 0.3) is 0 Å². The average Bonchev–Trinajstić information content (AvgIpc) is 2.44. The molecule has 0 saturated carbocycles. The lowest BCUT2D eigenvalue weighted by Gasteiger charge is -2.17. The Morgan fingerprint density at radius 2 is 2.05 bits per heavy atom. The molecule has 0 aliphatic heterocycles. The van der Waals surface area contributed by atoms with E-state index in [2.05, 4.69) is 5.32 Å². The monoisotopic (exact) mass is 303 g/mol. The largest absolute Gasteiger partial charge is 0.497 e. The summed E-state index contributed by atoms with van der Waals surface area (Å²) in [6.45, 7) is 2.97. The molecule has 0 fully saturated rings. The van der Waals surface area contributed by atoms with Crippen LogP contribution in [0.4, 0.5) is 5.69 Å². The van der Waals surface area contributed by atoms with Crippen molar-refractivity contribution in [2.75, 3.05) is 39.3 Å². The third kappa shape index (κ3) is 5.96. The second kappa shape index (κ2) is 9.02. The van der Waals surface area contributed by atoms with E-state index >= 15 is 0 Å². The number of benzene rings is 1. The Balaban J connectivity index is 2.38. The van der Waals surface area contributed by atoms with Crippen LogP contribution in [0.15, 0.2) is 18.2 Å². The maximum Gasteiger partial charge on any atom is 0.121 e. The van der Waals surface area contributed by atoms with Crippen LogP contribution in [0, 0.1) is 0 Å². The molecule has 1 rings (SSSR count). The van der Waals surface area contributed by atoms with Crippen LogP contribution in [-0.4, -0.2) is 51.3 Å². The van der Waals surface area contributed by atoms with Crippen molar-refractivity contribution in [1.29, 1.82) is 0 Å². The van der Waals surface area contributed by atoms with Crippen LogP contribution in [0.1, 0.15) is 6.92 Å². The fraction of sp³-hybridized carbons (Fsp3) is 0.571. The highest BCUT2D eigenvalue weighted by Gasteiger charge is 2.09. The van der Waals surface area contributed by atoms with Crippen LogP contribution in [0.5, 0.6) is 5.75 Å². The summed E-state index contributed by atoms with van der Waals surface area (Å²) in [5.74, 6) is 0.705. The van der Waals surface area contributed by atoms with Crippen LogP contribution in [0.2, 0.25) is 5.02 Å². The summed E-state index contributed by atoms with van der Waals surface area (Å²) in [4.78, 5) is 0. The molecule has 0 aliphatic rings. The Morgan fingerprint density at radius 3 is 2.70 bits per heavy atom. The summed E-state index contributed by atoms with van der Waals surface area (Å²) in [7, 11) is 3.20. The quantitative estimate of drug-likeness (QED) is 0.732. The van der Waals surface area contributed by atoms with Crippen molar-refractivity contribution in [3.63, 3.8) is 0 Å². The minimum atomic E-state index is -0.628. The number of anilines is 1. The van der Waals surface area contributed by atoms with Crippen molar-refractivity contribution in [3.05, 3.63) is 23.2 Å². The molecule has 0 amide bonds. The molecule has 5 nitrogen and oxygen atoms in total. The highest BCUT2D eigenvalue weighted by atomic mass is 35.5. The van der Waals surface area contributed by atoms with Gasteiger partial charge in [-0.1, -0.05) is 11.6 Å². The van der Waals surface area contributed by atoms with Crippen molar-refractivity contribution in [2.24, 2.45) is 0 Å². The van der Waals surface area contributed by atoms with E-state index < -0.39 is 6.10 Å². The fourth-order valence-electron chi connectivity index (χ4n) is 1.61. The predicted octanol–water partition coefficient (Wildman–Crippen LogP) is 2.17. The molecule has 1 aromatic carbocycles. The van der Waals surface area contributed by atoms with Gasteiger partial charge in [-0.3, -0.25) is 0 Å². The summed E-state index contributed by atoms with van der Waals surface area (Å²) >= 11 is 6.06. The predicted molar refractivity (Wildman–Crippen MR) is 79.8 cm³/mol. The van der Waals surface area contributed by atoms with Crippen molar-refractivity contribution >= 4 is 17.3 Å². The summed E-state index contributed by atoms with van der Waals surface area (Å²) < 4.78 is 15.5. The number of aliphatic hydroxyl groups excluding tert-OH is 1. The number of nitrogens with one attached hydrogen (secondary N) is 1. The van der Waals surface area contributed by atoms with Crippen LogP contribution >= 0.6 is 11.6 Å². The number of halogens is 1. The zero-order valence-electron chi connectivity index (χ0n) is 12.1. The van der Waals surface area contributed by atoms with Crippen LogP contribution in [-0.2, 0) is 9.47 Å². The Hall–Kier alpha value is -1.01. The minimum absolute atomic E-state index is 0.0462. The second-order valence-corrected chi connectivity index (χ2v) is 4.89. The normalized spacial score (nSPS) is 13.8. The highest BCUT2D eigenvalue weighted by Crippen LogP contribution is 2.26. The van der Waals surface area contributed by atoms with E-state index in [-0.39, 0.29) is 12.7 Å². The van der Waals surface area contributed by atoms with Gasteiger partial charge in [-0.25, -0.2) is 0 Å². The molecule has 0 bridgehead atoms. The number of aliphatic hydroxyl groups is 1. The third-order valence-corrected chi connectivity index (χ3v) is 3.01. The first kappa shape index (κ1) is 17.0. The van der Waals surface area contributed by atoms with Gasteiger partial charge in [0, 0.05) is 19.7 Å². The summed E-state index contributed by atoms with van der Waals surface area (Å²) in [5.41, 5.74) is 0.718. The van der Waals surface area contributed by atoms with Crippen LogP contribution in [0.25, 0.3) is 0 Å². The first-order valence-corrected chi connectivity index (χ1v) is 6.80. The van der Waals surface area contributed by atoms with E-state index in [4.69, 9.17) is 25.8 Å². The molecule has 2 unspecified atom stereocenters. The topological polar surface area (TPSA) is 60.0 Å². The fourth-order valence-corrected chi connectivity index (χ4v) is 1.80. The van der Waals surface area contributed by atoms with E-state index in [0.717, 1.165) is 5.69 Å². The molecular formula is C14H22ClNO4. The van der Waals surface area contributed by atoms with E-state index in [1.807, 2.05) is 6.92 Å². The molecule has 114 valence electrons. The standard InChI is InChI=1S/C14H22ClNO4/c1-10(8-18-2)20-9-11(17)7-16-14-6-12(19-3)4-5-13(14)15/h4-6,10-11,16-17H,7-9H2,1-3H3. The number of hydrogen-bond acceptors (Lipinski definition) is 5. The number of rotatable bonds is 9. The smallest absolute Gasteiger partial charge is 0.121 e. The molecule has 2 atom stereocenters. The first-order valence-electron chi connectivity index (χ1n) is 6.42. The zero-order chi connectivity index (χ0) is 15.0. The lowest BCUT2D eigenvalue weighted by molar-refractivity contribution is -0.0282. The molecule has 0 radical (unpaired) electrons. The molecule has 0 spiro atoms. The summed E-state index contributed by atoms with van der Waals surface area (Å²) in [6, 6.07) is 5.30. The lowest BCUT2D eigenvalue weighted by atomic mass is 10.2. The molecule has 0 saturated heterocycles. The SMILES string of the molecule is COCC(C)OCC(O)CNc1cc(OC)ccc1Cl. The highest BCUT2D eigenvalue weighted by molar-refractivity contribution is 6.33. The molecule has 0 aliphatic carbocycles. The van der Waals surface area contributed by atoms with E-state index in [0.29, 0.717) is 23.9 Å². The van der Waals surface area contributed by atoms with Gasteiger partial charge in [0.05, 0.1) is 43.2 Å². The van der Waals surface area contributed by atoms with Crippen molar-refractivity contribution in [1.82, 2.24) is 0 Å². The molecule has 0 aromatic heterocycles. The van der Waals surface area contributed by atoms with Crippen molar-refractivity contribution in [2.45, 2.75) is 19.1 Å². The van der Waals surface area contributed by atoms with Gasteiger partial charge in [-0.2, -0.15) is 0 Å². The van der Waals surface area contributed by atoms with Gasteiger partial charge in [-0.05, 0) is 19.1 Å². The van der Waals surface area contributed by atoms with Gasteiger partial charge in [-0.15, -0.1) is 0 Å². The van der Waals surface area contributed by atoms with E-state index in [9.17, 15) is 5.11 Å². The lowest BCUT2D eigenvalue weighted by Crippen LogP contribution is -2.28. The molecule has 0 heterocycles. The Kier molecular flexibility index (Phi) is 7.69. The van der Waals surface area contributed by atoms with Crippen molar-refractivity contribution < 1.29 is 19.3 Å².